The number of allylic oxidation sites excluding steroid dienone is 1. The average Bonchev–Trinajstić information content (AvgIpc) is 3.10. The summed E-state index contributed by atoms with van der Waals surface area (Å²) in [7, 11) is 0. The number of Topliss-reactive ketones (excluding diaryl/α,β-unsaturated/α-hetero) is 2. The molecule has 182 valence electrons. The minimum Gasteiger partial charge on any atom is -0.447 e. The van der Waals surface area contributed by atoms with Crippen LogP contribution in [0.4, 0.5) is 0 Å². The van der Waals surface area contributed by atoms with Gasteiger partial charge < -0.3 is 4.74 Å². The van der Waals surface area contributed by atoms with Crippen molar-refractivity contribution in [3.8, 4) is 0 Å². The lowest BCUT2D eigenvalue weighted by Gasteiger charge is -2.59. The summed E-state index contributed by atoms with van der Waals surface area (Å²) >= 11 is 9.61. The number of fused-ring (bicyclic) bond motifs is 5. The van der Waals surface area contributed by atoms with Gasteiger partial charge in [-0.15, -0.1) is 0 Å². The molecule has 0 spiro atoms. The number of benzene rings is 1. The number of carbonyl (C=O) groups excluding carboxylic acids is 3. The number of hydrogen-bond acceptors (Lipinski definition) is 4. The molecule has 0 amide bonds. The summed E-state index contributed by atoms with van der Waals surface area (Å²) in [5, 5.41) is 0.555. The number of esters is 1. The van der Waals surface area contributed by atoms with Crippen LogP contribution >= 0.6 is 27.5 Å². The van der Waals surface area contributed by atoms with E-state index in [1.165, 1.54) is 5.57 Å². The molecule has 0 bridgehead atoms. The van der Waals surface area contributed by atoms with Gasteiger partial charge in [0.05, 0.1) is 10.0 Å². The highest BCUT2D eigenvalue weighted by molar-refractivity contribution is 9.12. The van der Waals surface area contributed by atoms with Crippen LogP contribution in [-0.4, -0.2) is 23.1 Å². The quantitative estimate of drug-likeness (QED) is 0.379. The van der Waals surface area contributed by atoms with Crippen molar-refractivity contribution in [2.75, 3.05) is 0 Å². The Morgan fingerprint density at radius 2 is 1.68 bits per heavy atom. The number of ketones is 2. The molecule has 4 nitrogen and oxygen atoms in total. The van der Waals surface area contributed by atoms with Crippen molar-refractivity contribution in [3.63, 3.8) is 0 Å². The van der Waals surface area contributed by atoms with Crippen molar-refractivity contribution in [1.82, 2.24) is 0 Å². The number of ether oxygens (including phenoxy) is 1. The molecule has 0 radical (unpaired) electrons. The van der Waals surface area contributed by atoms with E-state index < -0.39 is 11.6 Å². The lowest BCUT2D eigenvalue weighted by molar-refractivity contribution is -0.161. The van der Waals surface area contributed by atoms with E-state index in [1.54, 1.807) is 31.2 Å². The largest absolute Gasteiger partial charge is 0.447 e. The van der Waals surface area contributed by atoms with Gasteiger partial charge >= 0.3 is 5.97 Å². The molecule has 0 heterocycles. The van der Waals surface area contributed by atoms with E-state index in [9.17, 15) is 14.4 Å². The highest BCUT2D eigenvalue weighted by atomic mass is 79.9. The van der Waals surface area contributed by atoms with Crippen LogP contribution in [0.3, 0.4) is 0 Å². The van der Waals surface area contributed by atoms with Crippen molar-refractivity contribution in [2.45, 2.75) is 77.7 Å². The molecule has 0 saturated heterocycles. The average molecular weight is 548 g/mol. The minimum atomic E-state index is -1.10. The van der Waals surface area contributed by atoms with Crippen LogP contribution in [0, 0.1) is 28.6 Å². The van der Waals surface area contributed by atoms with Crippen molar-refractivity contribution in [3.05, 3.63) is 44.9 Å². The molecule has 6 atom stereocenters. The van der Waals surface area contributed by atoms with Crippen LogP contribution in [0.5, 0.6) is 0 Å². The molecule has 4 aliphatic rings. The van der Waals surface area contributed by atoms with Gasteiger partial charge in [-0.1, -0.05) is 25.4 Å². The fourth-order valence-electron chi connectivity index (χ4n) is 8.27. The van der Waals surface area contributed by atoms with Gasteiger partial charge in [-0.3, -0.25) is 9.59 Å². The normalized spacial score (nSPS) is 39.2. The highest BCUT2D eigenvalue weighted by Gasteiger charge is 2.68. The predicted molar refractivity (Wildman–Crippen MR) is 135 cm³/mol. The summed E-state index contributed by atoms with van der Waals surface area (Å²) in [6, 6.07) is 6.65. The van der Waals surface area contributed by atoms with E-state index in [4.69, 9.17) is 16.3 Å². The van der Waals surface area contributed by atoms with Gasteiger partial charge in [0.2, 0.25) is 0 Å². The van der Waals surface area contributed by atoms with E-state index in [-0.39, 0.29) is 22.4 Å². The van der Waals surface area contributed by atoms with Crippen LogP contribution in [0.25, 0.3) is 0 Å². The Hall–Kier alpha value is -1.46. The summed E-state index contributed by atoms with van der Waals surface area (Å²) in [6.07, 6.45) is 6.76. The van der Waals surface area contributed by atoms with Gasteiger partial charge in [-0.25, -0.2) is 4.79 Å². The lowest BCUT2D eigenvalue weighted by atomic mass is 9.46. The van der Waals surface area contributed by atoms with Gasteiger partial charge in [-0.2, -0.15) is 0 Å². The molecular weight excluding hydrogens is 516 g/mol. The zero-order chi connectivity index (χ0) is 24.5. The van der Waals surface area contributed by atoms with Crippen LogP contribution in [0.15, 0.2) is 34.3 Å². The Balaban J connectivity index is 1.47. The summed E-state index contributed by atoms with van der Waals surface area (Å²) in [6.45, 7) is 6.12. The zero-order valence-electron chi connectivity index (χ0n) is 20.1. The summed E-state index contributed by atoms with van der Waals surface area (Å²) in [5.74, 6) is 1.01. The van der Waals surface area contributed by atoms with E-state index >= 15 is 0 Å². The molecule has 1 aromatic carbocycles. The fraction of sp³-hybridized carbons (Fsp3) is 0.607. The Labute approximate surface area is 215 Å². The zero-order valence-corrected chi connectivity index (χ0v) is 22.4. The summed E-state index contributed by atoms with van der Waals surface area (Å²) in [4.78, 5) is 38.8. The first-order valence-electron chi connectivity index (χ1n) is 12.5. The Kier molecular flexibility index (Phi) is 5.92. The van der Waals surface area contributed by atoms with Gasteiger partial charge in [0.1, 0.15) is 0 Å². The second-order valence-corrected chi connectivity index (χ2v) is 12.6. The van der Waals surface area contributed by atoms with Crippen molar-refractivity contribution < 1.29 is 19.1 Å². The lowest BCUT2D eigenvalue weighted by Crippen LogP contribution is -2.58. The van der Waals surface area contributed by atoms with Crippen LogP contribution in [-0.2, 0) is 14.3 Å². The van der Waals surface area contributed by atoms with Crippen LogP contribution in [0.2, 0.25) is 5.02 Å². The molecule has 6 heteroatoms. The van der Waals surface area contributed by atoms with E-state index in [0.717, 1.165) is 43.0 Å². The van der Waals surface area contributed by atoms with Crippen LogP contribution in [0.1, 0.15) is 82.5 Å². The summed E-state index contributed by atoms with van der Waals surface area (Å²) in [5.41, 5.74) is 0.264. The van der Waals surface area contributed by atoms with Crippen LogP contribution < -0.4 is 0 Å². The Morgan fingerprint density at radius 1 is 1.00 bits per heavy atom. The van der Waals surface area contributed by atoms with Crippen molar-refractivity contribution in [2.24, 2.45) is 28.6 Å². The Bertz CT molecular complexity index is 1090. The van der Waals surface area contributed by atoms with Gasteiger partial charge in [0.15, 0.2) is 17.2 Å². The maximum absolute atomic E-state index is 13.2. The standard InChI is InChI=1S/C28H32BrClO4/c1-16(31)28(34-25(33)17-4-6-18(30)7-5-17)15-11-21-19-8-9-22-24(29)23(32)12-13-26(22,2)20(19)10-14-27(21,28)3/h4-7,19-21H,8-15H2,1-3H3/t19?,20?,21?,26-,27+,28+/m1/s1. The van der Waals surface area contributed by atoms with Crippen molar-refractivity contribution >= 4 is 45.1 Å². The number of halogens is 2. The molecule has 34 heavy (non-hydrogen) atoms. The SMILES string of the molecule is CC(=O)[C@@]1(OC(=O)c2ccc(Cl)cc2)CCC2C3CCC4=C(Br)C(=O)CC[C@]4(C)C3CC[C@@]21C. The van der Waals surface area contributed by atoms with Crippen molar-refractivity contribution in [1.29, 1.82) is 0 Å². The van der Waals surface area contributed by atoms with Gasteiger partial charge in [0, 0.05) is 16.9 Å². The predicted octanol–water partition coefficient (Wildman–Crippen LogP) is 7.08. The van der Waals surface area contributed by atoms with E-state index in [0.29, 0.717) is 41.2 Å². The first-order valence-corrected chi connectivity index (χ1v) is 13.6. The molecule has 1 aromatic rings. The van der Waals surface area contributed by atoms with E-state index in [2.05, 4.69) is 29.8 Å². The smallest absolute Gasteiger partial charge is 0.339 e. The third-order valence-corrected chi connectivity index (χ3v) is 11.3. The number of rotatable bonds is 3. The molecule has 0 aromatic heterocycles. The molecule has 4 aliphatic carbocycles. The van der Waals surface area contributed by atoms with Gasteiger partial charge in [-0.05, 0) is 121 Å². The molecule has 0 aliphatic heterocycles. The highest BCUT2D eigenvalue weighted by Crippen LogP contribution is 2.69. The third-order valence-electron chi connectivity index (χ3n) is 10.1. The second-order valence-electron chi connectivity index (χ2n) is 11.3. The maximum Gasteiger partial charge on any atom is 0.339 e. The topological polar surface area (TPSA) is 60.4 Å². The molecule has 3 unspecified atom stereocenters. The van der Waals surface area contributed by atoms with E-state index in [1.807, 2.05) is 0 Å². The maximum atomic E-state index is 13.2. The first kappa shape index (κ1) is 24.2. The molecule has 3 saturated carbocycles. The molecule has 5 rings (SSSR count). The third kappa shape index (κ3) is 3.32. The fourth-order valence-corrected chi connectivity index (χ4v) is 9.24. The molecule has 0 N–H and O–H groups in total. The number of carbonyl (C=O) groups is 3. The number of hydrogen-bond donors (Lipinski definition) is 0. The van der Waals surface area contributed by atoms with Gasteiger partial charge in [0.25, 0.3) is 0 Å². The molecule has 3 fully saturated rings. The molecular formula is C28H32BrClO4. The second kappa shape index (κ2) is 8.30. The summed E-state index contributed by atoms with van der Waals surface area (Å²) < 4.78 is 7.02. The first-order chi connectivity index (χ1) is 16.0. The minimum absolute atomic E-state index is 0.0262. The monoisotopic (exact) mass is 546 g/mol. The Morgan fingerprint density at radius 3 is 2.35 bits per heavy atom.